The van der Waals surface area contributed by atoms with Crippen LogP contribution in [0.1, 0.15) is 18.7 Å². The van der Waals surface area contributed by atoms with Crippen LogP contribution in [0.4, 0.5) is 5.69 Å². The highest BCUT2D eigenvalue weighted by Crippen LogP contribution is 2.23. The van der Waals surface area contributed by atoms with Crippen molar-refractivity contribution in [3.05, 3.63) is 24.0 Å². The molecule has 8 heteroatoms. The van der Waals surface area contributed by atoms with E-state index < -0.39 is 5.97 Å². The van der Waals surface area contributed by atoms with Crippen LogP contribution in [0.2, 0.25) is 0 Å². The number of carboxylic acid groups (broad SMARTS) is 1. The summed E-state index contributed by atoms with van der Waals surface area (Å²) < 4.78 is 7.36. The second kappa shape index (κ2) is 10.4. The van der Waals surface area contributed by atoms with Crippen molar-refractivity contribution in [2.75, 3.05) is 43.7 Å². The summed E-state index contributed by atoms with van der Waals surface area (Å²) in [5.74, 6) is 0.598. The standard InChI is InChI=1S/C18H26ClN3O4/c1-21-16-6-5-14(22(8-7-19)9-11-26-12-10-23)13-15(16)20-17(21)3-2-4-18(24)25/h5-6,13,23H,2-4,7-12H2,1H3,(H,24,25). The predicted octanol–water partition coefficient (Wildman–Crippen LogP) is 2.03. The fourth-order valence-electron chi connectivity index (χ4n) is 2.87. The van der Waals surface area contributed by atoms with Gasteiger partial charge in [-0.2, -0.15) is 0 Å². The molecule has 2 N–H and O–H groups in total. The van der Waals surface area contributed by atoms with Gasteiger partial charge in [-0.15, -0.1) is 11.6 Å². The number of halogens is 1. The van der Waals surface area contributed by atoms with Crippen LogP contribution in [0.25, 0.3) is 11.0 Å². The number of carbonyl (C=O) groups is 1. The summed E-state index contributed by atoms with van der Waals surface area (Å²) in [7, 11) is 1.95. The molecular formula is C18H26ClN3O4. The van der Waals surface area contributed by atoms with Gasteiger partial charge in [-0.05, 0) is 24.6 Å². The van der Waals surface area contributed by atoms with Crippen molar-refractivity contribution in [2.45, 2.75) is 19.3 Å². The zero-order valence-electron chi connectivity index (χ0n) is 15.0. The molecule has 0 aliphatic carbocycles. The Morgan fingerprint density at radius 2 is 2.15 bits per heavy atom. The second-order valence-electron chi connectivity index (χ2n) is 6.02. The lowest BCUT2D eigenvalue weighted by Crippen LogP contribution is -2.29. The van der Waals surface area contributed by atoms with Crippen LogP contribution in [0, 0.1) is 0 Å². The summed E-state index contributed by atoms with van der Waals surface area (Å²) in [6.45, 7) is 2.22. The van der Waals surface area contributed by atoms with Crippen LogP contribution in [-0.2, 0) is 23.0 Å². The molecule has 0 amide bonds. The van der Waals surface area contributed by atoms with E-state index >= 15 is 0 Å². The van der Waals surface area contributed by atoms with Crippen molar-refractivity contribution in [1.29, 1.82) is 0 Å². The number of aliphatic hydroxyl groups is 1. The van der Waals surface area contributed by atoms with E-state index in [4.69, 9.17) is 26.6 Å². The molecule has 1 aromatic carbocycles. The number of imidazole rings is 1. The minimum absolute atomic E-state index is 0.0139. The molecule has 0 bridgehead atoms. The normalized spacial score (nSPS) is 11.2. The highest BCUT2D eigenvalue weighted by Gasteiger charge is 2.12. The first-order valence-corrected chi connectivity index (χ1v) is 9.27. The minimum Gasteiger partial charge on any atom is -0.481 e. The van der Waals surface area contributed by atoms with Crippen LogP contribution in [0.15, 0.2) is 18.2 Å². The molecule has 0 aliphatic rings. The van der Waals surface area contributed by atoms with E-state index in [1.165, 1.54) is 0 Å². The predicted molar refractivity (Wildman–Crippen MR) is 102 cm³/mol. The number of hydrogen-bond acceptors (Lipinski definition) is 5. The number of aromatic nitrogens is 2. The Bertz CT molecular complexity index is 720. The lowest BCUT2D eigenvalue weighted by atomic mass is 10.2. The molecule has 0 unspecified atom stereocenters. The minimum atomic E-state index is -0.786. The molecule has 1 aromatic heterocycles. The van der Waals surface area contributed by atoms with Crippen molar-refractivity contribution < 1.29 is 19.7 Å². The maximum Gasteiger partial charge on any atom is 0.303 e. The van der Waals surface area contributed by atoms with Crippen LogP contribution >= 0.6 is 11.6 Å². The first-order chi connectivity index (χ1) is 12.6. The zero-order chi connectivity index (χ0) is 18.9. The summed E-state index contributed by atoms with van der Waals surface area (Å²) in [6, 6.07) is 6.08. The maximum atomic E-state index is 10.7. The molecular weight excluding hydrogens is 358 g/mol. The van der Waals surface area contributed by atoms with Gasteiger partial charge in [0.1, 0.15) is 5.82 Å². The quantitative estimate of drug-likeness (QED) is 0.430. The van der Waals surface area contributed by atoms with E-state index in [0.717, 1.165) is 22.5 Å². The van der Waals surface area contributed by atoms with Gasteiger partial charge in [0.15, 0.2) is 0 Å². The number of ether oxygens (including phenoxy) is 1. The first-order valence-electron chi connectivity index (χ1n) is 8.73. The van der Waals surface area contributed by atoms with E-state index in [1.54, 1.807) is 0 Å². The molecule has 7 nitrogen and oxygen atoms in total. The average Bonchev–Trinajstić information content (AvgIpc) is 2.93. The molecule has 0 spiro atoms. The van der Waals surface area contributed by atoms with Crippen molar-refractivity contribution >= 4 is 34.3 Å². The highest BCUT2D eigenvalue weighted by atomic mass is 35.5. The number of hydrogen-bond donors (Lipinski definition) is 2. The Kier molecular flexibility index (Phi) is 8.15. The number of benzene rings is 1. The number of aryl methyl sites for hydroxylation is 2. The summed E-state index contributed by atoms with van der Waals surface area (Å²) in [6.07, 6.45) is 1.35. The van der Waals surface area contributed by atoms with Crippen LogP contribution in [0.3, 0.4) is 0 Å². The summed E-state index contributed by atoms with van der Waals surface area (Å²) in [4.78, 5) is 17.5. The lowest BCUT2D eigenvalue weighted by Gasteiger charge is -2.23. The number of rotatable bonds is 12. The van der Waals surface area contributed by atoms with Crippen molar-refractivity contribution in [1.82, 2.24) is 9.55 Å². The SMILES string of the molecule is Cn1c(CCCC(=O)O)nc2cc(N(CCCl)CCOCCO)ccc21. The Balaban J connectivity index is 2.13. The number of aliphatic hydroxyl groups excluding tert-OH is 1. The third-order valence-electron chi connectivity index (χ3n) is 4.21. The average molecular weight is 384 g/mol. The van der Waals surface area contributed by atoms with Gasteiger partial charge in [-0.1, -0.05) is 0 Å². The van der Waals surface area contributed by atoms with Gasteiger partial charge in [0.25, 0.3) is 0 Å². The number of alkyl halides is 1. The second-order valence-corrected chi connectivity index (χ2v) is 6.40. The van der Waals surface area contributed by atoms with E-state index in [0.29, 0.717) is 45.0 Å². The Labute approximate surface area is 158 Å². The molecule has 2 aromatic rings. The summed E-state index contributed by atoms with van der Waals surface area (Å²) in [5, 5.41) is 17.6. The molecule has 144 valence electrons. The lowest BCUT2D eigenvalue weighted by molar-refractivity contribution is -0.137. The molecule has 0 aliphatic heterocycles. The van der Waals surface area contributed by atoms with Gasteiger partial charge in [-0.25, -0.2) is 4.98 Å². The van der Waals surface area contributed by atoms with E-state index in [2.05, 4.69) is 9.88 Å². The van der Waals surface area contributed by atoms with Crippen LogP contribution < -0.4 is 4.90 Å². The number of nitrogens with zero attached hydrogens (tertiary/aromatic N) is 3. The third-order valence-corrected chi connectivity index (χ3v) is 4.38. The molecule has 26 heavy (non-hydrogen) atoms. The van der Waals surface area contributed by atoms with Gasteiger partial charge in [0.2, 0.25) is 0 Å². The van der Waals surface area contributed by atoms with E-state index in [9.17, 15) is 4.79 Å². The maximum absolute atomic E-state index is 10.7. The summed E-state index contributed by atoms with van der Waals surface area (Å²) >= 11 is 5.93. The van der Waals surface area contributed by atoms with Gasteiger partial charge >= 0.3 is 5.97 Å². The van der Waals surface area contributed by atoms with Gasteiger partial charge in [0, 0.05) is 44.5 Å². The fourth-order valence-corrected chi connectivity index (χ4v) is 3.07. The molecule has 0 saturated heterocycles. The van der Waals surface area contributed by atoms with Gasteiger partial charge in [-0.3, -0.25) is 4.79 Å². The molecule has 0 fully saturated rings. The molecule has 0 radical (unpaired) electrons. The van der Waals surface area contributed by atoms with Crippen LogP contribution in [0.5, 0.6) is 0 Å². The monoisotopic (exact) mass is 383 g/mol. The first kappa shape index (κ1) is 20.5. The number of aliphatic carboxylic acids is 1. The molecule has 0 saturated carbocycles. The van der Waals surface area contributed by atoms with Gasteiger partial charge in [0.05, 0.1) is 30.9 Å². The third kappa shape index (κ3) is 5.59. The van der Waals surface area contributed by atoms with Crippen molar-refractivity contribution in [2.24, 2.45) is 7.05 Å². The molecule has 2 rings (SSSR count). The zero-order valence-corrected chi connectivity index (χ0v) is 15.8. The van der Waals surface area contributed by atoms with Crippen LogP contribution in [-0.4, -0.2) is 64.5 Å². The van der Waals surface area contributed by atoms with Gasteiger partial charge < -0.3 is 24.4 Å². The number of fused-ring (bicyclic) bond motifs is 1. The fraction of sp³-hybridized carbons (Fsp3) is 0.556. The molecule has 0 atom stereocenters. The van der Waals surface area contributed by atoms with Crippen molar-refractivity contribution in [3.8, 4) is 0 Å². The Morgan fingerprint density at radius 1 is 1.35 bits per heavy atom. The highest BCUT2D eigenvalue weighted by molar-refractivity contribution is 6.18. The summed E-state index contributed by atoms with van der Waals surface area (Å²) in [5.41, 5.74) is 2.91. The smallest absolute Gasteiger partial charge is 0.303 e. The Hall–Kier alpha value is -1.83. The van der Waals surface area contributed by atoms with Crippen molar-refractivity contribution in [3.63, 3.8) is 0 Å². The topological polar surface area (TPSA) is 87.8 Å². The molecule has 1 heterocycles. The number of carboxylic acids is 1. The van der Waals surface area contributed by atoms with E-state index in [-0.39, 0.29) is 13.0 Å². The van der Waals surface area contributed by atoms with E-state index in [1.807, 2.05) is 29.8 Å². The Morgan fingerprint density at radius 3 is 2.85 bits per heavy atom. The largest absolute Gasteiger partial charge is 0.481 e. The number of anilines is 1.